The van der Waals surface area contributed by atoms with Crippen molar-refractivity contribution in [2.24, 2.45) is 0 Å². The van der Waals surface area contributed by atoms with Gasteiger partial charge in [-0.05, 0) is 50.7 Å². The Balaban J connectivity index is 2.04. The number of ether oxygens (including phenoxy) is 1. The number of hydrogen-bond donors (Lipinski definition) is 0. The Morgan fingerprint density at radius 2 is 2.21 bits per heavy atom. The van der Waals surface area contributed by atoms with E-state index < -0.39 is 11.6 Å². The van der Waals surface area contributed by atoms with Crippen LogP contribution in [0.1, 0.15) is 0 Å². The van der Waals surface area contributed by atoms with Crippen molar-refractivity contribution >= 4 is 27.7 Å². The lowest BCUT2D eigenvalue weighted by Crippen LogP contribution is -2.14. The van der Waals surface area contributed by atoms with Gasteiger partial charge in [0.2, 0.25) is 11.5 Å². The lowest BCUT2D eigenvalue weighted by molar-refractivity contribution is 0.265. The molecule has 3 aromatic rings. The second-order valence-electron chi connectivity index (χ2n) is 4.47. The van der Waals surface area contributed by atoms with Gasteiger partial charge in [0.25, 0.3) is 5.88 Å². The topological polar surface area (TPSA) is 96.2 Å². The average Bonchev–Trinajstić information content (AvgIpc) is 3.17. The third-order valence-electron chi connectivity index (χ3n) is 2.96. The van der Waals surface area contributed by atoms with Crippen molar-refractivity contribution in [3.63, 3.8) is 0 Å². The molecule has 0 amide bonds. The first-order chi connectivity index (χ1) is 11.6. The van der Waals surface area contributed by atoms with Crippen LogP contribution in [-0.2, 0) is 0 Å². The zero-order chi connectivity index (χ0) is 17.1. The quantitative estimate of drug-likeness (QED) is 0.565. The van der Waals surface area contributed by atoms with Crippen LogP contribution in [0.4, 0.5) is 4.39 Å². The minimum atomic E-state index is -0.762. The summed E-state index contributed by atoms with van der Waals surface area (Å²) in [6, 6.07) is 4.03. The van der Waals surface area contributed by atoms with Gasteiger partial charge in [0.1, 0.15) is 5.82 Å². The largest absolute Gasteiger partial charge is 0.473 e. The van der Waals surface area contributed by atoms with E-state index in [4.69, 9.17) is 9.26 Å². The van der Waals surface area contributed by atoms with Crippen molar-refractivity contribution in [1.82, 2.24) is 20.0 Å². The molecular formula is C13H10BrFN4O4S. The smallest absolute Gasteiger partial charge is 0.446 e. The van der Waals surface area contributed by atoms with Crippen LogP contribution >= 0.6 is 27.7 Å². The molecule has 0 radical (unpaired) electrons. The minimum Gasteiger partial charge on any atom is -0.473 e. The summed E-state index contributed by atoms with van der Waals surface area (Å²) in [5.74, 6) is -0.357. The average molecular weight is 417 g/mol. The number of halogens is 2. The Hall–Kier alpha value is -2.14. The molecule has 0 bridgehead atoms. The van der Waals surface area contributed by atoms with Crippen LogP contribution in [0.2, 0.25) is 0 Å². The van der Waals surface area contributed by atoms with Gasteiger partial charge in [0.15, 0.2) is 0 Å². The molecule has 0 aliphatic carbocycles. The zero-order valence-corrected chi connectivity index (χ0v) is 14.6. The normalized spacial score (nSPS) is 11.0. The van der Waals surface area contributed by atoms with E-state index in [0.717, 1.165) is 10.3 Å². The lowest BCUT2D eigenvalue weighted by atomic mass is 10.3. The molecule has 0 aliphatic rings. The highest BCUT2D eigenvalue weighted by Crippen LogP contribution is 2.27. The molecule has 0 N–H and O–H groups in total. The molecule has 1 aromatic carbocycles. The van der Waals surface area contributed by atoms with Crippen LogP contribution in [-0.4, -0.2) is 38.7 Å². The Morgan fingerprint density at radius 1 is 1.38 bits per heavy atom. The predicted molar refractivity (Wildman–Crippen MR) is 86.9 cm³/mol. The van der Waals surface area contributed by atoms with Crippen molar-refractivity contribution in [1.29, 1.82) is 0 Å². The maximum Gasteiger partial charge on any atom is 0.446 e. The van der Waals surface area contributed by atoms with Gasteiger partial charge >= 0.3 is 5.76 Å². The van der Waals surface area contributed by atoms with Crippen LogP contribution < -0.4 is 10.5 Å². The fourth-order valence-corrected chi connectivity index (χ4v) is 2.50. The van der Waals surface area contributed by atoms with E-state index in [1.54, 1.807) is 11.8 Å². The van der Waals surface area contributed by atoms with Gasteiger partial charge < -0.3 is 4.74 Å². The van der Waals surface area contributed by atoms with E-state index in [9.17, 15) is 9.18 Å². The molecular weight excluding hydrogens is 407 g/mol. The van der Waals surface area contributed by atoms with Crippen LogP contribution in [0.3, 0.4) is 0 Å². The maximum absolute atomic E-state index is 13.4. The van der Waals surface area contributed by atoms with E-state index in [1.165, 1.54) is 18.2 Å². The SMILES string of the molecule is CSCCOc1nonc1-c1noc(=O)n1-c1ccc(F)c(Br)c1. The maximum atomic E-state index is 13.4. The van der Waals surface area contributed by atoms with Gasteiger partial charge in [-0.3, -0.25) is 4.52 Å². The third-order valence-corrected chi connectivity index (χ3v) is 4.15. The summed E-state index contributed by atoms with van der Waals surface area (Å²) in [4.78, 5) is 12.0. The fraction of sp³-hybridized carbons (Fsp3) is 0.231. The number of nitrogens with zero attached hydrogens (tertiary/aromatic N) is 4. The predicted octanol–water partition coefficient (Wildman–Crippen LogP) is 2.52. The summed E-state index contributed by atoms with van der Waals surface area (Å²) in [7, 11) is 0. The summed E-state index contributed by atoms with van der Waals surface area (Å²) < 4.78 is 29.6. The molecule has 0 aliphatic heterocycles. The van der Waals surface area contributed by atoms with Crippen molar-refractivity contribution in [3.05, 3.63) is 39.0 Å². The Kier molecular flexibility index (Phi) is 5.00. The van der Waals surface area contributed by atoms with E-state index in [2.05, 4.69) is 36.0 Å². The number of benzene rings is 1. The van der Waals surface area contributed by atoms with Crippen LogP contribution in [0.25, 0.3) is 17.2 Å². The van der Waals surface area contributed by atoms with Crippen molar-refractivity contribution in [2.45, 2.75) is 0 Å². The molecule has 8 nitrogen and oxygen atoms in total. The number of aromatic nitrogens is 4. The number of thioether (sulfide) groups is 1. The highest BCUT2D eigenvalue weighted by Gasteiger charge is 2.24. The van der Waals surface area contributed by atoms with Gasteiger partial charge in [-0.2, -0.15) is 11.8 Å². The molecule has 0 atom stereocenters. The fourth-order valence-electron chi connectivity index (χ4n) is 1.88. The molecule has 3 rings (SSSR count). The molecule has 0 saturated heterocycles. The summed E-state index contributed by atoms with van der Waals surface area (Å²) in [6.07, 6.45) is 1.94. The van der Waals surface area contributed by atoms with Crippen LogP contribution in [0.15, 0.2) is 36.6 Å². The standard InChI is InChI=1S/C13H10BrFN4O4S/c1-24-5-4-21-12-10(16-23-18-12)11-17-22-13(20)19(11)7-2-3-9(15)8(14)6-7/h2-3,6H,4-5H2,1H3. The molecule has 2 aromatic heterocycles. The van der Waals surface area contributed by atoms with Gasteiger partial charge in [-0.25, -0.2) is 18.4 Å². The second kappa shape index (κ2) is 7.18. The van der Waals surface area contributed by atoms with Crippen molar-refractivity contribution in [3.8, 4) is 23.1 Å². The molecule has 0 fully saturated rings. The van der Waals surface area contributed by atoms with Gasteiger partial charge in [-0.15, -0.1) is 0 Å². The third kappa shape index (κ3) is 3.22. The first kappa shape index (κ1) is 16.7. The Morgan fingerprint density at radius 3 is 2.96 bits per heavy atom. The Labute approximate surface area is 147 Å². The zero-order valence-electron chi connectivity index (χ0n) is 12.2. The van der Waals surface area contributed by atoms with E-state index in [-0.39, 0.29) is 21.9 Å². The van der Waals surface area contributed by atoms with Gasteiger partial charge in [0.05, 0.1) is 16.8 Å². The first-order valence-electron chi connectivity index (χ1n) is 6.60. The van der Waals surface area contributed by atoms with Crippen LogP contribution in [0, 0.1) is 5.82 Å². The molecule has 11 heteroatoms. The second-order valence-corrected chi connectivity index (χ2v) is 6.31. The molecule has 2 heterocycles. The van der Waals surface area contributed by atoms with E-state index in [0.29, 0.717) is 12.3 Å². The molecule has 126 valence electrons. The monoisotopic (exact) mass is 416 g/mol. The molecule has 0 spiro atoms. The minimum absolute atomic E-state index is 0.0407. The first-order valence-corrected chi connectivity index (χ1v) is 8.79. The highest BCUT2D eigenvalue weighted by atomic mass is 79.9. The Bertz CT molecular complexity index is 910. The molecule has 0 unspecified atom stereocenters. The summed E-state index contributed by atoms with van der Waals surface area (Å²) in [5, 5.41) is 11.1. The summed E-state index contributed by atoms with van der Waals surface area (Å²) in [6.45, 7) is 0.382. The molecule has 24 heavy (non-hydrogen) atoms. The summed E-state index contributed by atoms with van der Waals surface area (Å²) >= 11 is 4.67. The van der Waals surface area contributed by atoms with Crippen molar-refractivity contribution < 1.29 is 18.3 Å². The lowest BCUT2D eigenvalue weighted by Gasteiger charge is -2.05. The van der Waals surface area contributed by atoms with Gasteiger partial charge in [0, 0.05) is 5.75 Å². The number of rotatable bonds is 6. The molecule has 0 saturated carbocycles. The van der Waals surface area contributed by atoms with E-state index >= 15 is 0 Å². The highest BCUT2D eigenvalue weighted by molar-refractivity contribution is 9.10. The van der Waals surface area contributed by atoms with Crippen molar-refractivity contribution in [2.75, 3.05) is 18.6 Å². The summed E-state index contributed by atoms with van der Waals surface area (Å²) in [5.41, 5.74) is 0.449. The van der Waals surface area contributed by atoms with Gasteiger partial charge in [-0.1, -0.05) is 5.16 Å². The van der Waals surface area contributed by atoms with Crippen LogP contribution in [0.5, 0.6) is 5.88 Å². The number of hydrogen-bond acceptors (Lipinski definition) is 8. The van der Waals surface area contributed by atoms with E-state index in [1.807, 2.05) is 6.26 Å².